The molecule has 1 fully saturated rings. The Bertz CT molecular complexity index is 170. The van der Waals surface area contributed by atoms with Gasteiger partial charge in [-0.15, -0.1) is 6.58 Å². The van der Waals surface area contributed by atoms with Crippen LogP contribution in [0.5, 0.6) is 0 Å². The van der Waals surface area contributed by atoms with E-state index < -0.39 is 0 Å². The van der Waals surface area contributed by atoms with E-state index in [2.05, 4.69) is 29.9 Å². The summed E-state index contributed by atoms with van der Waals surface area (Å²) in [5.74, 6) is 0. The predicted molar refractivity (Wildman–Crippen MR) is 71.6 cm³/mol. The number of rotatable bonds is 9. The van der Waals surface area contributed by atoms with Gasteiger partial charge in [-0.05, 0) is 44.9 Å². The minimum atomic E-state index is 0.598. The number of hydrogen-bond acceptors (Lipinski definition) is 2. The molecule has 15 heavy (non-hydrogen) atoms. The summed E-state index contributed by atoms with van der Waals surface area (Å²) >= 11 is 2.06. The van der Waals surface area contributed by atoms with Crippen LogP contribution in [0.3, 0.4) is 0 Å². The lowest BCUT2D eigenvalue weighted by atomic mass is 9.84. The Morgan fingerprint density at radius 3 is 2.67 bits per heavy atom. The second kappa shape index (κ2) is 7.34. The number of allylic oxidation sites excluding steroid dienone is 1. The highest BCUT2D eigenvalue weighted by atomic mass is 32.2. The third-order valence-electron chi connectivity index (χ3n) is 3.41. The number of hydrogen-bond donors (Lipinski definition) is 1. The number of unbranched alkanes of at least 4 members (excludes halogenated alkanes) is 3. The Kier molecular flexibility index (Phi) is 6.42. The molecule has 88 valence electrons. The van der Waals surface area contributed by atoms with Crippen molar-refractivity contribution >= 4 is 11.8 Å². The maximum absolute atomic E-state index is 3.74. The van der Waals surface area contributed by atoms with Gasteiger partial charge in [0.05, 0.1) is 0 Å². The van der Waals surface area contributed by atoms with Crippen LogP contribution in [0.25, 0.3) is 0 Å². The lowest BCUT2D eigenvalue weighted by molar-refractivity contribution is 0.345. The molecule has 0 radical (unpaired) electrons. The van der Waals surface area contributed by atoms with E-state index in [0.717, 1.165) is 0 Å². The number of thioether (sulfide) groups is 1. The molecule has 0 spiro atoms. The highest BCUT2D eigenvalue weighted by Crippen LogP contribution is 2.42. The molecule has 0 aromatic heterocycles. The van der Waals surface area contributed by atoms with Crippen molar-refractivity contribution < 1.29 is 0 Å². The van der Waals surface area contributed by atoms with E-state index in [0.29, 0.717) is 4.75 Å². The van der Waals surface area contributed by atoms with Crippen LogP contribution in [0.4, 0.5) is 0 Å². The molecule has 0 unspecified atom stereocenters. The van der Waals surface area contributed by atoms with Crippen LogP contribution in [-0.2, 0) is 0 Å². The van der Waals surface area contributed by atoms with Gasteiger partial charge in [0.25, 0.3) is 0 Å². The minimum absolute atomic E-state index is 0.598. The maximum atomic E-state index is 3.74. The third-order valence-corrected chi connectivity index (χ3v) is 4.83. The van der Waals surface area contributed by atoms with E-state index in [1.807, 2.05) is 6.08 Å². The summed E-state index contributed by atoms with van der Waals surface area (Å²) in [4.78, 5) is 0. The molecule has 2 heteroatoms. The molecular weight excluding hydrogens is 202 g/mol. The quantitative estimate of drug-likeness (QED) is 0.477. The van der Waals surface area contributed by atoms with Crippen molar-refractivity contribution in [2.45, 2.75) is 49.7 Å². The second-order valence-electron chi connectivity index (χ2n) is 4.56. The molecule has 0 aromatic carbocycles. The monoisotopic (exact) mass is 227 g/mol. The second-order valence-corrected chi connectivity index (χ2v) is 5.83. The predicted octanol–water partition coefficient (Wildman–Crippen LogP) is 3.61. The molecule has 0 bridgehead atoms. The van der Waals surface area contributed by atoms with Gasteiger partial charge < -0.3 is 5.32 Å². The zero-order chi connectivity index (χ0) is 11.0. The van der Waals surface area contributed by atoms with Gasteiger partial charge in [0.15, 0.2) is 0 Å². The normalized spacial score (nSPS) is 18.5. The molecule has 0 heterocycles. The Balaban J connectivity index is 1.90. The Labute approximate surface area is 99.1 Å². The highest BCUT2D eigenvalue weighted by molar-refractivity contribution is 8.00. The molecule has 0 aromatic rings. The fourth-order valence-electron chi connectivity index (χ4n) is 2.06. The standard InChI is InChI=1S/C13H25NS/c1-3-4-5-6-7-11-14-12-13(15-2)9-8-10-13/h3,14H,1,4-12H2,2H3. The molecule has 0 aliphatic heterocycles. The lowest BCUT2D eigenvalue weighted by Crippen LogP contribution is -2.43. The smallest absolute Gasteiger partial charge is 0.0281 e. The zero-order valence-electron chi connectivity index (χ0n) is 10.1. The van der Waals surface area contributed by atoms with Gasteiger partial charge in [-0.3, -0.25) is 0 Å². The van der Waals surface area contributed by atoms with Crippen LogP contribution in [-0.4, -0.2) is 24.1 Å². The molecule has 0 atom stereocenters. The van der Waals surface area contributed by atoms with Crippen LogP contribution in [0, 0.1) is 0 Å². The zero-order valence-corrected chi connectivity index (χ0v) is 10.9. The molecular formula is C13H25NS. The summed E-state index contributed by atoms with van der Waals surface area (Å²) in [5.41, 5.74) is 0. The first-order valence-electron chi connectivity index (χ1n) is 6.20. The van der Waals surface area contributed by atoms with Crippen molar-refractivity contribution in [3.8, 4) is 0 Å². The summed E-state index contributed by atoms with van der Waals surface area (Å²) in [7, 11) is 0. The molecule has 0 amide bonds. The molecule has 1 nitrogen and oxygen atoms in total. The average molecular weight is 227 g/mol. The maximum Gasteiger partial charge on any atom is 0.0281 e. The van der Waals surface area contributed by atoms with E-state index in [9.17, 15) is 0 Å². The van der Waals surface area contributed by atoms with Crippen LogP contribution in [0.1, 0.15) is 44.9 Å². The first-order chi connectivity index (χ1) is 7.33. The van der Waals surface area contributed by atoms with Crippen LogP contribution in [0.2, 0.25) is 0 Å². The third kappa shape index (κ3) is 4.60. The van der Waals surface area contributed by atoms with E-state index in [1.54, 1.807) is 0 Å². The summed E-state index contributed by atoms with van der Waals surface area (Å²) < 4.78 is 0.598. The van der Waals surface area contributed by atoms with Crippen molar-refractivity contribution in [2.75, 3.05) is 19.3 Å². The SMILES string of the molecule is C=CCCCCCNCC1(SC)CCC1. The van der Waals surface area contributed by atoms with E-state index in [-0.39, 0.29) is 0 Å². The van der Waals surface area contributed by atoms with Gasteiger partial charge in [-0.1, -0.05) is 18.9 Å². The fourth-order valence-corrected chi connectivity index (χ4v) is 3.00. The highest BCUT2D eigenvalue weighted by Gasteiger charge is 2.35. The van der Waals surface area contributed by atoms with E-state index in [4.69, 9.17) is 0 Å². The summed E-state index contributed by atoms with van der Waals surface area (Å²) in [6, 6.07) is 0. The summed E-state index contributed by atoms with van der Waals surface area (Å²) in [6.45, 7) is 6.15. The van der Waals surface area contributed by atoms with Crippen molar-refractivity contribution in [3.05, 3.63) is 12.7 Å². The molecule has 1 aliphatic rings. The van der Waals surface area contributed by atoms with Crippen molar-refractivity contribution in [3.63, 3.8) is 0 Å². The molecule has 1 rings (SSSR count). The summed E-state index contributed by atoms with van der Waals surface area (Å²) in [6.07, 6.45) is 13.7. The topological polar surface area (TPSA) is 12.0 Å². The van der Waals surface area contributed by atoms with Crippen molar-refractivity contribution in [1.29, 1.82) is 0 Å². The Morgan fingerprint density at radius 2 is 2.13 bits per heavy atom. The first kappa shape index (κ1) is 13.1. The fraction of sp³-hybridized carbons (Fsp3) is 0.846. The number of nitrogens with one attached hydrogen (secondary N) is 1. The van der Waals surface area contributed by atoms with Gasteiger partial charge in [0.1, 0.15) is 0 Å². The van der Waals surface area contributed by atoms with E-state index >= 15 is 0 Å². The van der Waals surface area contributed by atoms with E-state index in [1.165, 1.54) is 58.0 Å². The average Bonchev–Trinajstić information content (AvgIpc) is 2.20. The lowest BCUT2D eigenvalue weighted by Gasteiger charge is -2.40. The van der Waals surface area contributed by atoms with Crippen molar-refractivity contribution in [2.24, 2.45) is 0 Å². The van der Waals surface area contributed by atoms with Crippen LogP contribution in [0.15, 0.2) is 12.7 Å². The molecule has 0 saturated heterocycles. The van der Waals surface area contributed by atoms with Gasteiger partial charge in [0, 0.05) is 11.3 Å². The van der Waals surface area contributed by atoms with Crippen LogP contribution < -0.4 is 5.32 Å². The Morgan fingerprint density at radius 1 is 1.33 bits per heavy atom. The molecule has 1 aliphatic carbocycles. The van der Waals surface area contributed by atoms with Gasteiger partial charge in [-0.25, -0.2) is 0 Å². The van der Waals surface area contributed by atoms with Gasteiger partial charge >= 0.3 is 0 Å². The molecule has 1 N–H and O–H groups in total. The summed E-state index contributed by atoms with van der Waals surface area (Å²) in [5, 5.41) is 3.61. The van der Waals surface area contributed by atoms with Gasteiger partial charge in [0.2, 0.25) is 0 Å². The van der Waals surface area contributed by atoms with Crippen LogP contribution >= 0.6 is 11.8 Å². The molecule has 1 saturated carbocycles. The Hall–Kier alpha value is 0.0500. The first-order valence-corrected chi connectivity index (χ1v) is 7.42. The minimum Gasteiger partial charge on any atom is -0.315 e. The van der Waals surface area contributed by atoms with Gasteiger partial charge in [-0.2, -0.15) is 11.8 Å². The van der Waals surface area contributed by atoms with Crippen molar-refractivity contribution in [1.82, 2.24) is 5.32 Å². The largest absolute Gasteiger partial charge is 0.315 e.